The lowest BCUT2D eigenvalue weighted by Gasteiger charge is -2.24. The van der Waals surface area contributed by atoms with Gasteiger partial charge in [0, 0.05) is 10.6 Å². The van der Waals surface area contributed by atoms with Crippen LogP contribution >= 0.6 is 11.6 Å². The Balaban J connectivity index is 3.03. The molecule has 0 aromatic heterocycles. The van der Waals surface area contributed by atoms with Crippen LogP contribution in [-0.2, 0) is 0 Å². The molecule has 0 N–H and O–H groups in total. The van der Waals surface area contributed by atoms with Crippen molar-refractivity contribution in [2.45, 2.75) is 39.8 Å². The standard InChI is InChI=1S/C12H16ClF3/c1-7(2)8(3)10-6-9(12(14,15)16)4-5-11(10)13/h6-8H,4-5H2,1-3H3. The van der Waals surface area contributed by atoms with Crippen molar-refractivity contribution in [3.8, 4) is 0 Å². The van der Waals surface area contributed by atoms with Crippen molar-refractivity contribution in [3.05, 3.63) is 22.3 Å². The minimum Gasteiger partial charge on any atom is -0.166 e. The molecule has 0 bridgehead atoms. The second kappa shape index (κ2) is 4.82. The number of rotatable bonds is 2. The van der Waals surface area contributed by atoms with Gasteiger partial charge in [0.1, 0.15) is 0 Å². The summed E-state index contributed by atoms with van der Waals surface area (Å²) in [6.45, 7) is 5.88. The Kier molecular flexibility index (Phi) is 4.11. The largest absolute Gasteiger partial charge is 0.412 e. The highest BCUT2D eigenvalue weighted by molar-refractivity contribution is 6.30. The molecule has 0 aliphatic heterocycles. The monoisotopic (exact) mass is 252 g/mol. The van der Waals surface area contributed by atoms with Gasteiger partial charge in [-0.25, -0.2) is 0 Å². The number of allylic oxidation sites excluding steroid dienone is 4. The molecule has 0 aromatic rings. The third kappa shape index (κ3) is 3.03. The maximum absolute atomic E-state index is 12.6. The van der Waals surface area contributed by atoms with Crippen LogP contribution in [0.15, 0.2) is 22.3 Å². The van der Waals surface area contributed by atoms with Crippen LogP contribution in [0.3, 0.4) is 0 Å². The summed E-state index contributed by atoms with van der Waals surface area (Å²) < 4.78 is 37.7. The van der Waals surface area contributed by atoms with Gasteiger partial charge in [-0.1, -0.05) is 32.4 Å². The van der Waals surface area contributed by atoms with E-state index in [0.717, 1.165) is 0 Å². The van der Waals surface area contributed by atoms with Gasteiger partial charge in [-0.2, -0.15) is 13.2 Å². The van der Waals surface area contributed by atoms with Crippen LogP contribution in [0.5, 0.6) is 0 Å². The van der Waals surface area contributed by atoms with Crippen molar-refractivity contribution in [1.82, 2.24) is 0 Å². The van der Waals surface area contributed by atoms with Crippen molar-refractivity contribution in [2.75, 3.05) is 0 Å². The number of halogens is 4. The Bertz CT molecular complexity index is 324. The van der Waals surface area contributed by atoms with Gasteiger partial charge in [-0.15, -0.1) is 0 Å². The minimum absolute atomic E-state index is 0.00332. The van der Waals surface area contributed by atoms with Crippen LogP contribution in [0.4, 0.5) is 13.2 Å². The Morgan fingerprint density at radius 3 is 2.19 bits per heavy atom. The third-order valence-electron chi connectivity index (χ3n) is 3.11. The van der Waals surface area contributed by atoms with E-state index in [2.05, 4.69) is 0 Å². The van der Waals surface area contributed by atoms with Crippen molar-refractivity contribution in [1.29, 1.82) is 0 Å². The van der Waals surface area contributed by atoms with E-state index >= 15 is 0 Å². The molecule has 92 valence electrons. The highest BCUT2D eigenvalue weighted by Crippen LogP contribution is 2.39. The molecular formula is C12H16ClF3. The summed E-state index contributed by atoms with van der Waals surface area (Å²) in [6.07, 6.45) is -2.69. The van der Waals surface area contributed by atoms with Gasteiger partial charge in [0.25, 0.3) is 0 Å². The van der Waals surface area contributed by atoms with E-state index in [1.807, 2.05) is 20.8 Å². The van der Waals surface area contributed by atoms with Gasteiger partial charge < -0.3 is 0 Å². The van der Waals surface area contributed by atoms with Crippen LogP contribution < -0.4 is 0 Å². The molecule has 0 amide bonds. The zero-order valence-corrected chi connectivity index (χ0v) is 10.4. The lowest BCUT2D eigenvalue weighted by molar-refractivity contribution is -0.0942. The zero-order valence-electron chi connectivity index (χ0n) is 9.66. The molecule has 1 rings (SSSR count). The normalized spacial score (nSPS) is 20.1. The maximum atomic E-state index is 12.6. The summed E-state index contributed by atoms with van der Waals surface area (Å²) in [5.41, 5.74) is 0.189. The molecule has 16 heavy (non-hydrogen) atoms. The van der Waals surface area contributed by atoms with Gasteiger partial charge in [0.05, 0.1) is 0 Å². The van der Waals surface area contributed by atoms with E-state index in [1.165, 1.54) is 6.08 Å². The summed E-state index contributed by atoms with van der Waals surface area (Å²) in [7, 11) is 0. The van der Waals surface area contributed by atoms with Gasteiger partial charge >= 0.3 is 6.18 Å². The maximum Gasteiger partial charge on any atom is 0.412 e. The van der Waals surface area contributed by atoms with E-state index < -0.39 is 11.7 Å². The number of alkyl halides is 3. The smallest absolute Gasteiger partial charge is 0.166 e. The lowest BCUT2D eigenvalue weighted by Crippen LogP contribution is -2.17. The minimum atomic E-state index is -4.22. The Hall–Kier alpha value is -0.440. The molecule has 0 heterocycles. The van der Waals surface area contributed by atoms with Crippen molar-refractivity contribution >= 4 is 11.6 Å². The fraction of sp³-hybridized carbons (Fsp3) is 0.667. The first-order valence-corrected chi connectivity index (χ1v) is 5.77. The van der Waals surface area contributed by atoms with E-state index in [9.17, 15) is 13.2 Å². The van der Waals surface area contributed by atoms with Gasteiger partial charge in [0.15, 0.2) is 0 Å². The van der Waals surface area contributed by atoms with Crippen LogP contribution in [-0.4, -0.2) is 6.18 Å². The fourth-order valence-electron chi connectivity index (χ4n) is 1.69. The van der Waals surface area contributed by atoms with Crippen LogP contribution in [0.2, 0.25) is 0 Å². The molecule has 4 heteroatoms. The quantitative estimate of drug-likeness (QED) is 0.645. The van der Waals surface area contributed by atoms with Gasteiger partial charge in [-0.05, 0) is 36.3 Å². The van der Waals surface area contributed by atoms with Crippen LogP contribution in [0, 0.1) is 11.8 Å². The predicted octanol–water partition coefficient (Wildman–Crippen LogP) is 5.05. The first-order chi connectivity index (χ1) is 7.23. The molecule has 1 unspecified atom stereocenters. The lowest BCUT2D eigenvalue weighted by atomic mass is 9.85. The Morgan fingerprint density at radius 2 is 1.75 bits per heavy atom. The second-order valence-electron chi connectivity index (χ2n) is 4.56. The second-order valence-corrected chi connectivity index (χ2v) is 5.02. The van der Waals surface area contributed by atoms with Gasteiger partial charge in [0.2, 0.25) is 0 Å². The highest BCUT2D eigenvalue weighted by Gasteiger charge is 2.35. The Morgan fingerprint density at radius 1 is 1.19 bits per heavy atom. The summed E-state index contributed by atoms with van der Waals surface area (Å²) >= 11 is 6.00. The SMILES string of the molecule is CC(C)C(C)C1=C(Cl)CCC(C(F)(F)F)=C1. The van der Waals surface area contributed by atoms with Crippen LogP contribution in [0.1, 0.15) is 33.6 Å². The highest BCUT2D eigenvalue weighted by atomic mass is 35.5. The molecule has 0 radical (unpaired) electrons. The third-order valence-corrected chi connectivity index (χ3v) is 3.52. The summed E-state index contributed by atoms with van der Waals surface area (Å²) in [5, 5.41) is 0.578. The molecule has 1 aliphatic carbocycles. The summed E-state index contributed by atoms with van der Waals surface area (Å²) in [6, 6.07) is 0. The summed E-state index contributed by atoms with van der Waals surface area (Å²) in [4.78, 5) is 0. The summed E-state index contributed by atoms with van der Waals surface area (Å²) in [5.74, 6) is 0.345. The average molecular weight is 253 g/mol. The van der Waals surface area contributed by atoms with E-state index in [-0.39, 0.29) is 18.3 Å². The molecule has 0 fully saturated rings. The Labute approximate surface area is 99.2 Å². The molecular weight excluding hydrogens is 237 g/mol. The number of hydrogen-bond donors (Lipinski definition) is 0. The van der Waals surface area contributed by atoms with Crippen molar-refractivity contribution in [2.24, 2.45) is 11.8 Å². The molecule has 1 atom stereocenters. The van der Waals surface area contributed by atoms with Crippen LogP contribution in [0.25, 0.3) is 0 Å². The molecule has 0 saturated carbocycles. The molecule has 0 aromatic carbocycles. The van der Waals surface area contributed by atoms with Crippen molar-refractivity contribution in [3.63, 3.8) is 0 Å². The first kappa shape index (κ1) is 13.6. The molecule has 0 nitrogen and oxygen atoms in total. The molecule has 0 spiro atoms. The van der Waals surface area contributed by atoms with Crippen molar-refractivity contribution < 1.29 is 13.2 Å². The predicted molar refractivity (Wildman–Crippen MR) is 60.3 cm³/mol. The zero-order chi connectivity index (χ0) is 12.5. The van der Waals surface area contributed by atoms with Gasteiger partial charge in [-0.3, -0.25) is 0 Å². The van der Waals surface area contributed by atoms with E-state index in [0.29, 0.717) is 17.0 Å². The fourth-order valence-corrected chi connectivity index (χ4v) is 2.01. The molecule has 1 aliphatic rings. The van der Waals surface area contributed by atoms with E-state index in [4.69, 9.17) is 11.6 Å². The average Bonchev–Trinajstić information content (AvgIpc) is 2.15. The first-order valence-electron chi connectivity index (χ1n) is 5.39. The van der Waals surface area contributed by atoms with E-state index in [1.54, 1.807) is 0 Å². The number of hydrogen-bond acceptors (Lipinski definition) is 0. The topological polar surface area (TPSA) is 0 Å². The molecule has 0 saturated heterocycles.